The first-order chi connectivity index (χ1) is 20.8. The summed E-state index contributed by atoms with van der Waals surface area (Å²) in [6, 6.07) is 52.3. The summed E-state index contributed by atoms with van der Waals surface area (Å²) in [6.07, 6.45) is 0. The van der Waals surface area contributed by atoms with Gasteiger partial charge in [0.15, 0.2) is 0 Å². The van der Waals surface area contributed by atoms with Crippen LogP contribution < -0.4 is 0 Å². The molecule has 0 fully saturated rings. The van der Waals surface area contributed by atoms with Crippen molar-refractivity contribution in [2.24, 2.45) is 0 Å². The summed E-state index contributed by atoms with van der Waals surface area (Å²) < 4.78 is 4.98. The molecule has 0 amide bonds. The number of para-hydroxylation sites is 3. The lowest BCUT2D eigenvalue weighted by Crippen LogP contribution is -1.94. The van der Waals surface area contributed by atoms with Crippen molar-refractivity contribution in [2.45, 2.75) is 0 Å². The first-order valence-electron chi connectivity index (χ1n) is 14.2. The first kappa shape index (κ1) is 23.5. The molecule has 0 radical (unpaired) electrons. The molecule has 0 aliphatic carbocycles. The summed E-state index contributed by atoms with van der Waals surface area (Å²) in [6.45, 7) is 0. The van der Waals surface area contributed by atoms with E-state index in [2.05, 4.69) is 150 Å². The van der Waals surface area contributed by atoms with Gasteiger partial charge in [-0.3, -0.25) is 0 Å². The minimum absolute atomic E-state index is 1.04. The summed E-state index contributed by atoms with van der Waals surface area (Å²) in [7, 11) is 0. The fourth-order valence-electron chi connectivity index (χ4n) is 6.46. The molecule has 0 aliphatic rings. The van der Waals surface area contributed by atoms with E-state index in [0.717, 1.165) is 22.5 Å². The topological polar surface area (TPSA) is 17.8 Å². The van der Waals surface area contributed by atoms with Gasteiger partial charge in [-0.05, 0) is 47.5 Å². The second kappa shape index (κ2) is 9.13. The van der Waals surface area contributed by atoms with Crippen LogP contribution >= 0.6 is 11.3 Å². The fraction of sp³-hybridized carbons (Fsp3) is 0. The SMILES string of the molecule is c1cc(-c2ccc(-c3nc4ccccc4c4sc5ccccc5c34)cc2)cc(-n2c3ccccc3c3ccccc32)c1. The molecule has 42 heavy (non-hydrogen) atoms. The maximum atomic E-state index is 5.21. The highest BCUT2D eigenvalue weighted by Crippen LogP contribution is 2.43. The molecular weight excluding hydrogens is 529 g/mol. The lowest BCUT2D eigenvalue weighted by atomic mass is 9.99. The van der Waals surface area contributed by atoms with Crippen LogP contribution in [0, 0.1) is 0 Å². The highest BCUT2D eigenvalue weighted by atomic mass is 32.1. The molecule has 0 atom stereocenters. The van der Waals surface area contributed by atoms with Gasteiger partial charge in [-0.2, -0.15) is 0 Å². The minimum atomic E-state index is 1.04. The van der Waals surface area contributed by atoms with Crippen molar-refractivity contribution in [3.63, 3.8) is 0 Å². The van der Waals surface area contributed by atoms with Crippen LogP contribution in [-0.4, -0.2) is 9.55 Å². The summed E-state index contributed by atoms with van der Waals surface area (Å²) >= 11 is 1.86. The van der Waals surface area contributed by atoms with Gasteiger partial charge in [0.05, 0.1) is 22.2 Å². The summed E-state index contributed by atoms with van der Waals surface area (Å²) in [5.74, 6) is 0. The standard InChI is InChI=1S/C39H24N2S/c1-5-16-33-31(14-1)39-37(32-15-4-8-19-36(32)42-39)38(40-33)26-22-20-25(21-23-26)27-10-9-11-28(24-27)41-34-17-6-2-12-29(34)30-13-3-7-18-35(30)41/h1-24H. The average Bonchev–Trinajstić information content (AvgIpc) is 3.61. The Labute approximate surface area is 246 Å². The van der Waals surface area contributed by atoms with Crippen LogP contribution in [0.4, 0.5) is 0 Å². The fourth-order valence-corrected chi connectivity index (χ4v) is 7.70. The highest BCUT2D eigenvalue weighted by molar-refractivity contribution is 7.26. The zero-order chi connectivity index (χ0) is 27.6. The van der Waals surface area contributed by atoms with Crippen molar-refractivity contribution in [3.8, 4) is 28.1 Å². The van der Waals surface area contributed by atoms with E-state index < -0.39 is 0 Å². The Morgan fingerprint density at radius 3 is 1.86 bits per heavy atom. The number of aromatic nitrogens is 2. The first-order valence-corrected chi connectivity index (χ1v) is 15.0. The molecule has 0 N–H and O–H groups in total. The summed E-state index contributed by atoms with van der Waals surface area (Å²) in [5, 5.41) is 6.29. The quantitative estimate of drug-likeness (QED) is 0.213. The van der Waals surface area contributed by atoms with E-state index in [0.29, 0.717) is 0 Å². The average molecular weight is 553 g/mol. The molecule has 3 aromatic heterocycles. The maximum absolute atomic E-state index is 5.21. The minimum Gasteiger partial charge on any atom is -0.309 e. The van der Waals surface area contributed by atoms with Crippen LogP contribution in [-0.2, 0) is 0 Å². The summed E-state index contributed by atoms with van der Waals surface area (Å²) in [5.41, 5.74) is 9.21. The van der Waals surface area contributed by atoms with Crippen LogP contribution in [0.1, 0.15) is 0 Å². The van der Waals surface area contributed by atoms with Gasteiger partial charge in [0.2, 0.25) is 0 Å². The smallest absolute Gasteiger partial charge is 0.0802 e. The Hall–Kier alpha value is -5.25. The van der Waals surface area contributed by atoms with Gasteiger partial charge in [0.1, 0.15) is 0 Å². The lowest BCUT2D eigenvalue weighted by Gasteiger charge is -2.11. The Morgan fingerprint density at radius 1 is 0.476 bits per heavy atom. The van der Waals surface area contributed by atoms with Gasteiger partial charge >= 0.3 is 0 Å². The maximum Gasteiger partial charge on any atom is 0.0802 e. The molecule has 0 aliphatic heterocycles. The predicted octanol–water partition coefficient (Wildman–Crippen LogP) is 11.0. The Bertz CT molecular complexity index is 2410. The van der Waals surface area contributed by atoms with Crippen molar-refractivity contribution < 1.29 is 0 Å². The lowest BCUT2D eigenvalue weighted by molar-refractivity contribution is 1.18. The van der Waals surface area contributed by atoms with Gasteiger partial charge in [-0.25, -0.2) is 4.98 Å². The van der Waals surface area contributed by atoms with E-state index in [1.165, 1.54) is 58.5 Å². The van der Waals surface area contributed by atoms with Crippen molar-refractivity contribution in [3.05, 3.63) is 146 Å². The molecule has 0 saturated heterocycles. The van der Waals surface area contributed by atoms with Crippen molar-refractivity contribution in [2.75, 3.05) is 0 Å². The zero-order valence-electron chi connectivity index (χ0n) is 22.7. The largest absolute Gasteiger partial charge is 0.309 e. The van der Waals surface area contributed by atoms with E-state index in [-0.39, 0.29) is 0 Å². The van der Waals surface area contributed by atoms with Crippen LogP contribution in [0.15, 0.2) is 146 Å². The number of thiophene rings is 1. The number of hydrogen-bond acceptors (Lipinski definition) is 2. The molecule has 196 valence electrons. The molecule has 9 aromatic rings. The molecule has 9 rings (SSSR count). The van der Waals surface area contributed by atoms with E-state index in [4.69, 9.17) is 4.98 Å². The molecule has 3 heteroatoms. The van der Waals surface area contributed by atoms with Crippen LogP contribution in [0.2, 0.25) is 0 Å². The third kappa shape index (κ3) is 3.47. The number of rotatable bonds is 3. The summed E-state index contributed by atoms with van der Waals surface area (Å²) in [4.78, 5) is 5.21. The Morgan fingerprint density at radius 2 is 1.10 bits per heavy atom. The molecule has 0 bridgehead atoms. The number of nitrogens with zero attached hydrogens (tertiary/aromatic N) is 2. The number of pyridine rings is 1. The van der Waals surface area contributed by atoms with Gasteiger partial charge < -0.3 is 4.57 Å². The molecule has 0 spiro atoms. The van der Waals surface area contributed by atoms with Crippen LogP contribution in [0.3, 0.4) is 0 Å². The Balaban J connectivity index is 1.19. The number of hydrogen-bond donors (Lipinski definition) is 0. The van der Waals surface area contributed by atoms with Gasteiger partial charge in [0.25, 0.3) is 0 Å². The van der Waals surface area contributed by atoms with E-state index in [9.17, 15) is 0 Å². The van der Waals surface area contributed by atoms with Crippen LogP contribution in [0.5, 0.6) is 0 Å². The predicted molar refractivity (Wildman–Crippen MR) is 180 cm³/mol. The van der Waals surface area contributed by atoms with Crippen LogP contribution in [0.25, 0.3) is 81.0 Å². The second-order valence-corrected chi connectivity index (χ2v) is 11.8. The third-order valence-electron chi connectivity index (χ3n) is 8.39. The molecule has 2 nitrogen and oxygen atoms in total. The second-order valence-electron chi connectivity index (χ2n) is 10.8. The molecule has 0 unspecified atom stereocenters. The molecule has 3 heterocycles. The van der Waals surface area contributed by atoms with E-state index in [1.807, 2.05) is 11.3 Å². The van der Waals surface area contributed by atoms with Crippen molar-refractivity contribution in [1.82, 2.24) is 9.55 Å². The van der Waals surface area contributed by atoms with Gasteiger partial charge in [-0.15, -0.1) is 11.3 Å². The molecular formula is C39H24N2S. The van der Waals surface area contributed by atoms with Gasteiger partial charge in [-0.1, -0.05) is 109 Å². The molecule has 0 saturated carbocycles. The number of benzene rings is 6. The normalized spacial score (nSPS) is 11.8. The Kier molecular flexibility index (Phi) is 5.10. The zero-order valence-corrected chi connectivity index (χ0v) is 23.5. The van der Waals surface area contributed by atoms with Crippen molar-refractivity contribution >= 4 is 64.2 Å². The third-order valence-corrected chi connectivity index (χ3v) is 9.59. The highest BCUT2D eigenvalue weighted by Gasteiger charge is 2.16. The van der Waals surface area contributed by atoms with Gasteiger partial charge in [0, 0.05) is 47.6 Å². The number of fused-ring (bicyclic) bond motifs is 8. The van der Waals surface area contributed by atoms with E-state index in [1.54, 1.807) is 0 Å². The molecule has 6 aromatic carbocycles. The van der Waals surface area contributed by atoms with Crippen molar-refractivity contribution in [1.29, 1.82) is 0 Å². The monoisotopic (exact) mass is 552 g/mol. The van der Waals surface area contributed by atoms with E-state index >= 15 is 0 Å².